The Morgan fingerprint density at radius 2 is 1.89 bits per heavy atom. The number of rotatable bonds is 5. The number of nitrogens with one attached hydrogen (secondary N) is 1. The Morgan fingerprint density at radius 3 is 2.64 bits per heavy atom. The number of nitrogens with zero attached hydrogens (tertiary/aromatic N) is 2. The minimum absolute atomic E-state index is 0.0408. The zero-order valence-corrected chi connectivity index (χ0v) is 16.6. The maximum Gasteiger partial charge on any atom is 0.230 e. The summed E-state index contributed by atoms with van der Waals surface area (Å²) < 4.78 is 13.3. The number of hydrogen-bond donors (Lipinski definition) is 1. The molecule has 1 aliphatic carbocycles. The van der Waals surface area contributed by atoms with Crippen molar-refractivity contribution in [1.29, 1.82) is 0 Å². The van der Waals surface area contributed by atoms with Gasteiger partial charge in [0.15, 0.2) is 5.82 Å². The van der Waals surface area contributed by atoms with Crippen molar-refractivity contribution in [2.75, 3.05) is 5.75 Å². The van der Waals surface area contributed by atoms with E-state index in [1.165, 1.54) is 36.7 Å². The minimum Gasteiger partial charge on any atom is -0.353 e. The number of amides is 1. The van der Waals surface area contributed by atoms with Gasteiger partial charge in [0.2, 0.25) is 5.91 Å². The van der Waals surface area contributed by atoms with E-state index in [1.807, 2.05) is 25.1 Å². The van der Waals surface area contributed by atoms with Gasteiger partial charge in [0.1, 0.15) is 10.8 Å². The van der Waals surface area contributed by atoms with E-state index in [0.29, 0.717) is 17.6 Å². The quantitative estimate of drug-likeness (QED) is 0.493. The maximum absolute atomic E-state index is 13.3. The molecule has 0 radical (unpaired) electrons. The van der Waals surface area contributed by atoms with Gasteiger partial charge in [-0.15, -0.1) is 0 Å². The van der Waals surface area contributed by atoms with Crippen molar-refractivity contribution in [3.05, 3.63) is 53.8 Å². The van der Waals surface area contributed by atoms with Crippen LogP contribution in [0.15, 0.2) is 47.5 Å². The second kappa shape index (κ2) is 8.27. The first kappa shape index (κ1) is 18.9. The van der Waals surface area contributed by atoms with E-state index < -0.39 is 0 Å². The first-order chi connectivity index (χ1) is 13.6. The largest absolute Gasteiger partial charge is 0.353 e. The number of hydrogen-bond acceptors (Lipinski definition) is 4. The van der Waals surface area contributed by atoms with Gasteiger partial charge in [-0.2, -0.15) is 0 Å². The lowest BCUT2D eigenvalue weighted by Gasteiger charge is -2.12. The molecule has 0 aliphatic heterocycles. The number of thioether (sulfide) groups is 1. The SMILES string of the molecule is Cc1ccc2c(SCC(=O)NC3CCCC3)nc(-c3ccc(F)cc3)nc2c1. The zero-order valence-electron chi connectivity index (χ0n) is 15.7. The Bertz CT molecular complexity index is 1000. The summed E-state index contributed by atoms with van der Waals surface area (Å²) in [6.07, 6.45) is 4.52. The van der Waals surface area contributed by atoms with Gasteiger partial charge >= 0.3 is 0 Å². The third-order valence-corrected chi connectivity index (χ3v) is 5.97. The van der Waals surface area contributed by atoms with Crippen LogP contribution in [0.3, 0.4) is 0 Å². The van der Waals surface area contributed by atoms with Crippen molar-refractivity contribution in [3.63, 3.8) is 0 Å². The van der Waals surface area contributed by atoms with Gasteiger partial charge in [-0.25, -0.2) is 14.4 Å². The van der Waals surface area contributed by atoms with Gasteiger partial charge in [-0.3, -0.25) is 4.79 Å². The number of carbonyl (C=O) groups excluding carboxylic acids is 1. The topological polar surface area (TPSA) is 54.9 Å². The van der Waals surface area contributed by atoms with E-state index in [9.17, 15) is 9.18 Å². The van der Waals surface area contributed by atoms with Crippen molar-refractivity contribution in [1.82, 2.24) is 15.3 Å². The normalized spacial score (nSPS) is 14.5. The highest BCUT2D eigenvalue weighted by molar-refractivity contribution is 8.00. The lowest BCUT2D eigenvalue weighted by molar-refractivity contribution is -0.119. The fraction of sp³-hybridized carbons (Fsp3) is 0.318. The highest BCUT2D eigenvalue weighted by Crippen LogP contribution is 2.29. The summed E-state index contributed by atoms with van der Waals surface area (Å²) in [6, 6.07) is 12.5. The third kappa shape index (κ3) is 4.33. The van der Waals surface area contributed by atoms with Gasteiger partial charge in [0.25, 0.3) is 0 Å². The smallest absolute Gasteiger partial charge is 0.230 e. The second-order valence-electron chi connectivity index (χ2n) is 7.22. The number of aryl methyl sites for hydroxylation is 1. The fourth-order valence-electron chi connectivity index (χ4n) is 3.52. The summed E-state index contributed by atoms with van der Waals surface area (Å²) in [7, 11) is 0. The van der Waals surface area contributed by atoms with Crippen LogP contribution < -0.4 is 5.32 Å². The fourth-order valence-corrected chi connectivity index (χ4v) is 4.35. The van der Waals surface area contributed by atoms with Gasteiger partial charge in [-0.05, 0) is 61.7 Å². The van der Waals surface area contributed by atoms with Crippen molar-refractivity contribution in [2.45, 2.75) is 43.7 Å². The molecule has 1 aromatic heterocycles. The Morgan fingerprint density at radius 1 is 1.14 bits per heavy atom. The monoisotopic (exact) mass is 395 g/mol. The molecule has 0 atom stereocenters. The average molecular weight is 396 g/mol. The van der Waals surface area contributed by atoms with Crippen LogP contribution in [0.1, 0.15) is 31.2 Å². The lowest BCUT2D eigenvalue weighted by Crippen LogP contribution is -2.33. The predicted molar refractivity (Wildman–Crippen MR) is 111 cm³/mol. The minimum atomic E-state index is -0.293. The molecule has 1 saturated carbocycles. The zero-order chi connectivity index (χ0) is 19.5. The van der Waals surface area contributed by atoms with Gasteiger partial charge in [0, 0.05) is 17.0 Å². The van der Waals surface area contributed by atoms with Crippen molar-refractivity contribution in [2.24, 2.45) is 0 Å². The predicted octanol–water partition coefficient (Wildman–Crippen LogP) is 4.90. The maximum atomic E-state index is 13.3. The van der Waals surface area contributed by atoms with Crippen molar-refractivity contribution < 1.29 is 9.18 Å². The summed E-state index contributed by atoms with van der Waals surface area (Å²) in [5, 5.41) is 4.81. The molecule has 1 amide bonds. The summed E-state index contributed by atoms with van der Waals surface area (Å²) in [4.78, 5) is 21.7. The van der Waals surface area contributed by atoms with Gasteiger partial charge in [0.05, 0.1) is 11.3 Å². The third-order valence-electron chi connectivity index (χ3n) is 4.98. The summed E-state index contributed by atoms with van der Waals surface area (Å²) in [5.41, 5.74) is 2.68. The summed E-state index contributed by atoms with van der Waals surface area (Å²) in [5.74, 6) is 0.605. The Kier molecular flexibility index (Phi) is 5.57. The summed E-state index contributed by atoms with van der Waals surface area (Å²) in [6.45, 7) is 2.01. The standard InChI is InChI=1S/C22H22FN3OS/c1-14-6-11-18-19(12-14)25-21(15-7-9-16(23)10-8-15)26-22(18)28-13-20(27)24-17-4-2-3-5-17/h6-12,17H,2-5,13H2,1H3,(H,24,27). The number of halogens is 1. The van der Waals surface area contributed by atoms with Crippen LogP contribution in [0.2, 0.25) is 0 Å². The molecule has 28 heavy (non-hydrogen) atoms. The van der Waals surface area contributed by atoms with Gasteiger partial charge in [-0.1, -0.05) is 30.7 Å². The Labute approximate surface area is 168 Å². The first-order valence-electron chi connectivity index (χ1n) is 9.55. The molecule has 0 unspecified atom stereocenters. The van der Waals surface area contributed by atoms with Crippen LogP contribution in [-0.4, -0.2) is 27.7 Å². The van der Waals surface area contributed by atoms with Crippen LogP contribution in [0.25, 0.3) is 22.3 Å². The summed E-state index contributed by atoms with van der Waals surface area (Å²) >= 11 is 1.42. The number of benzene rings is 2. The average Bonchev–Trinajstić information content (AvgIpc) is 3.19. The van der Waals surface area contributed by atoms with Crippen LogP contribution >= 0.6 is 11.8 Å². The first-order valence-corrected chi connectivity index (χ1v) is 10.5. The number of carbonyl (C=O) groups is 1. The molecule has 1 heterocycles. The molecule has 6 heteroatoms. The van der Waals surface area contributed by atoms with Crippen molar-refractivity contribution in [3.8, 4) is 11.4 Å². The van der Waals surface area contributed by atoms with E-state index in [1.54, 1.807) is 12.1 Å². The van der Waals surface area contributed by atoms with Crippen molar-refractivity contribution >= 4 is 28.6 Å². The molecule has 4 nitrogen and oxygen atoms in total. The molecule has 0 bridgehead atoms. The molecule has 1 fully saturated rings. The van der Waals surface area contributed by atoms with E-state index >= 15 is 0 Å². The molecule has 4 rings (SSSR count). The van der Waals surface area contributed by atoms with Crippen LogP contribution in [0, 0.1) is 12.7 Å². The van der Waals surface area contributed by atoms with E-state index in [0.717, 1.165) is 39.9 Å². The van der Waals surface area contributed by atoms with E-state index in [-0.39, 0.29) is 11.7 Å². The highest BCUT2D eigenvalue weighted by Gasteiger charge is 2.18. The van der Waals surface area contributed by atoms with Crippen LogP contribution in [-0.2, 0) is 4.79 Å². The number of fused-ring (bicyclic) bond motifs is 1. The molecule has 1 N–H and O–H groups in total. The molecule has 2 aromatic carbocycles. The molecular formula is C22H22FN3OS. The number of aromatic nitrogens is 2. The molecule has 3 aromatic rings. The Balaban J connectivity index is 1.61. The molecular weight excluding hydrogens is 373 g/mol. The molecule has 0 saturated heterocycles. The Hall–Kier alpha value is -2.47. The van der Waals surface area contributed by atoms with Gasteiger partial charge < -0.3 is 5.32 Å². The van der Waals surface area contributed by atoms with Crippen LogP contribution in [0.5, 0.6) is 0 Å². The highest BCUT2D eigenvalue weighted by atomic mass is 32.2. The molecule has 1 aliphatic rings. The van der Waals surface area contributed by atoms with Crippen LogP contribution in [0.4, 0.5) is 4.39 Å². The second-order valence-corrected chi connectivity index (χ2v) is 8.18. The van der Waals surface area contributed by atoms with E-state index in [4.69, 9.17) is 0 Å². The van der Waals surface area contributed by atoms with E-state index in [2.05, 4.69) is 15.3 Å². The lowest BCUT2D eigenvalue weighted by atomic mass is 10.1. The molecule has 0 spiro atoms. The molecule has 144 valence electrons.